The molecule has 4 heteroatoms. The van der Waals surface area contributed by atoms with Gasteiger partial charge in [0.15, 0.2) is 0 Å². The summed E-state index contributed by atoms with van der Waals surface area (Å²) in [6, 6.07) is 0.883. The van der Waals surface area contributed by atoms with Crippen molar-refractivity contribution in [2.75, 3.05) is 6.54 Å². The van der Waals surface area contributed by atoms with E-state index < -0.39 is 5.60 Å². The maximum absolute atomic E-state index is 11.8. The zero-order valence-electron chi connectivity index (χ0n) is 14.5. The molecule has 1 aliphatic rings. The number of hydrogen-bond acceptors (Lipinski definition) is 3. The molecule has 1 saturated carbocycles. The summed E-state index contributed by atoms with van der Waals surface area (Å²) in [4.78, 5) is 11.8. The van der Waals surface area contributed by atoms with Crippen molar-refractivity contribution in [1.29, 1.82) is 0 Å². The Morgan fingerprint density at radius 1 is 1.10 bits per heavy atom. The summed E-state index contributed by atoms with van der Waals surface area (Å²) in [7, 11) is 0. The SMILES string of the molecule is CCC(CC)CNC1CCC(NC(=O)OC(C)(C)C)CC1. The Balaban J connectivity index is 2.21. The van der Waals surface area contributed by atoms with Gasteiger partial charge in [0.1, 0.15) is 5.60 Å². The number of carbonyl (C=O) groups is 1. The largest absolute Gasteiger partial charge is 0.444 e. The van der Waals surface area contributed by atoms with Crippen molar-refractivity contribution >= 4 is 6.09 Å². The third-order valence-electron chi connectivity index (χ3n) is 4.30. The molecular formula is C17H34N2O2. The lowest BCUT2D eigenvalue weighted by Gasteiger charge is -2.31. The highest BCUT2D eigenvalue weighted by atomic mass is 16.6. The van der Waals surface area contributed by atoms with Gasteiger partial charge >= 0.3 is 6.09 Å². The van der Waals surface area contributed by atoms with Crippen molar-refractivity contribution in [2.24, 2.45) is 5.92 Å². The maximum atomic E-state index is 11.8. The molecule has 0 aromatic heterocycles. The number of rotatable bonds is 6. The van der Waals surface area contributed by atoms with Gasteiger partial charge in [0, 0.05) is 12.1 Å². The van der Waals surface area contributed by atoms with Crippen LogP contribution < -0.4 is 10.6 Å². The first-order valence-corrected chi connectivity index (χ1v) is 8.57. The average molecular weight is 298 g/mol. The molecule has 1 rings (SSSR count). The fourth-order valence-electron chi connectivity index (χ4n) is 2.83. The minimum atomic E-state index is -0.418. The minimum Gasteiger partial charge on any atom is -0.444 e. The number of hydrogen-bond donors (Lipinski definition) is 2. The van der Waals surface area contributed by atoms with Crippen molar-refractivity contribution in [1.82, 2.24) is 10.6 Å². The van der Waals surface area contributed by atoms with Gasteiger partial charge in [-0.1, -0.05) is 26.7 Å². The first-order valence-electron chi connectivity index (χ1n) is 8.57. The van der Waals surface area contributed by atoms with Crippen LogP contribution in [-0.4, -0.2) is 30.3 Å². The van der Waals surface area contributed by atoms with Crippen LogP contribution >= 0.6 is 0 Å². The fraction of sp³-hybridized carbons (Fsp3) is 0.941. The lowest BCUT2D eigenvalue weighted by Crippen LogP contribution is -2.44. The molecule has 0 bridgehead atoms. The van der Waals surface area contributed by atoms with Crippen molar-refractivity contribution < 1.29 is 9.53 Å². The van der Waals surface area contributed by atoms with Gasteiger partial charge in [0.05, 0.1) is 0 Å². The normalized spacial score (nSPS) is 23.1. The molecule has 2 N–H and O–H groups in total. The molecule has 21 heavy (non-hydrogen) atoms. The van der Waals surface area contributed by atoms with Gasteiger partial charge in [0.25, 0.3) is 0 Å². The van der Waals surface area contributed by atoms with Crippen molar-refractivity contribution in [3.63, 3.8) is 0 Å². The Morgan fingerprint density at radius 2 is 1.62 bits per heavy atom. The second-order valence-corrected chi connectivity index (χ2v) is 7.29. The van der Waals surface area contributed by atoms with E-state index >= 15 is 0 Å². The Bertz CT molecular complexity index is 300. The van der Waals surface area contributed by atoms with Gasteiger partial charge in [-0.3, -0.25) is 0 Å². The Morgan fingerprint density at radius 3 is 2.10 bits per heavy atom. The highest BCUT2D eigenvalue weighted by molar-refractivity contribution is 5.68. The molecule has 1 fully saturated rings. The molecule has 0 unspecified atom stereocenters. The maximum Gasteiger partial charge on any atom is 0.407 e. The van der Waals surface area contributed by atoms with E-state index in [1.54, 1.807) is 0 Å². The molecule has 0 spiro atoms. The second kappa shape index (κ2) is 8.62. The zero-order chi connectivity index (χ0) is 15.9. The third kappa shape index (κ3) is 7.70. The van der Waals surface area contributed by atoms with Crippen LogP contribution in [0.2, 0.25) is 0 Å². The first-order chi connectivity index (χ1) is 9.84. The summed E-state index contributed by atoms with van der Waals surface area (Å²) in [5.74, 6) is 0.794. The van der Waals surface area contributed by atoms with Crippen LogP contribution in [0.15, 0.2) is 0 Å². The smallest absolute Gasteiger partial charge is 0.407 e. The van der Waals surface area contributed by atoms with Crippen molar-refractivity contribution in [2.45, 2.75) is 90.8 Å². The Labute approximate surface area is 130 Å². The summed E-state index contributed by atoms with van der Waals surface area (Å²) in [5.41, 5.74) is -0.418. The quantitative estimate of drug-likeness (QED) is 0.783. The molecule has 0 heterocycles. The minimum absolute atomic E-state index is 0.269. The van der Waals surface area contributed by atoms with Gasteiger partial charge in [-0.05, 0) is 58.9 Å². The molecule has 0 saturated heterocycles. The van der Waals surface area contributed by atoms with Gasteiger partial charge < -0.3 is 15.4 Å². The molecule has 0 radical (unpaired) electrons. The predicted octanol–water partition coefficient (Wildman–Crippen LogP) is 3.85. The van der Waals surface area contributed by atoms with E-state index in [-0.39, 0.29) is 12.1 Å². The predicted molar refractivity (Wildman–Crippen MR) is 87.5 cm³/mol. The standard InChI is InChI=1S/C17H34N2O2/c1-6-13(7-2)12-18-14-8-10-15(11-9-14)19-16(20)21-17(3,4)5/h13-15,18H,6-12H2,1-5H3,(H,19,20). The van der Waals surface area contributed by atoms with Crippen LogP contribution in [0.1, 0.15) is 73.1 Å². The molecule has 0 aromatic rings. The monoisotopic (exact) mass is 298 g/mol. The lowest BCUT2D eigenvalue weighted by atomic mass is 9.90. The number of nitrogens with one attached hydrogen (secondary N) is 2. The molecule has 4 nitrogen and oxygen atoms in total. The summed E-state index contributed by atoms with van der Waals surface area (Å²) in [5, 5.41) is 6.69. The van der Waals surface area contributed by atoms with E-state index in [1.807, 2.05) is 20.8 Å². The van der Waals surface area contributed by atoms with E-state index in [0.29, 0.717) is 6.04 Å². The summed E-state index contributed by atoms with van der Waals surface area (Å²) in [6.45, 7) is 11.3. The fourth-order valence-corrected chi connectivity index (χ4v) is 2.83. The first kappa shape index (κ1) is 18.3. The second-order valence-electron chi connectivity index (χ2n) is 7.29. The Hall–Kier alpha value is -0.770. The Kier molecular flexibility index (Phi) is 7.50. The van der Waals surface area contributed by atoms with E-state index in [2.05, 4.69) is 24.5 Å². The number of ether oxygens (including phenoxy) is 1. The summed E-state index contributed by atoms with van der Waals surface area (Å²) in [6.07, 6.45) is 6.58. The molecular weight excluding hydrogens is 264 g/mol. The van der Waals surface area contributed by atoms with Crippen molar-refractivity contribution in [3.05, 3.63) is 0 Å². The van der Waals surface area contributed by atoms with Crippen LogP contribution in [0.4, 0.5) is 4.79 Å². The van der Waals surface area contributed by atoms with Crippen molar-refractivity contribution in [3.8, 4) is 0 Å². The molecule has 0 aliphatic heterocycles. The van der Waals surface area contributed by atoms with Gasteiger partial charge in [0.2, 0.25) is 0 Å². The van der Waals surface area contributed by atoms with Gasteiger partial charge in [-0.2, -0.15) is 0 Å². The highest BCUT2D eigenvalue weighted by Gasteiger charge is 2.24. The summed E-state index contributed by atoms with van der Waals surface area (Å²) < 4.78 is 5.31. The van der Waals surface area contributed by atoms with E-state index in [1.165, 1.54) is 12.8 Å². The molecule has 1 amide bonds. The summed E-state index contributed by atoms with van der Waals surface area (Å²) >= 11 is 0. The van der Waals surface area contributed by atoms with Gasteiger partial charge in [-0.15, -0.1) is 0 Å². The highest BCUT2D eigenvalue weighted by Crippen LogP contribution is 2.20. The third-order valence-corrected chi connectivity index (χ3v) is 4.30. The number of carbonyl (C=O) groups excluding carboxylic acids is 1. The molecule has 1 aliphatic carbocycles. The zero-order valence-corrected chi connectivity index (χ0v) is 14.5. The lowest BCUT2D eigenvalue weighted by molar-refractivity contribution is 0.0489. The average Bonchev–Trinajstić information content (AvgIpc) is 2.39. The number of alkyl carbamates (subject to hydrolysis) is 1. The van der Waals surface area contributed by atoms with E-state index in [9.17, 15) is 4.79 Å². The van der Waals surface area contributed by atoms with Crippen LogP contribution in [0, 0.1) is 5.92 Å². The van der Waals surface area contributed by atoms with Crippen LogP contribution in [0.5, 0.6) is 0 Å². The topological polar surface area (TPSA) is 50.4 Å². The van der Waals surface area contributed by atoms with Crippen LogP contribution in [0.25, 0.3) is 0 Å². The molecule has 0 aromatic carbocycles. The molecule has 124 valence electrons. The van der Waals surface area contributed by atoms with Gasteiger partial charge in [-0.25, -0.2) is 4.79 Å². The van der Waals surface area contributed by atoms with Crippen LogP contribution in [0.3, 0.4) is 0 Å². The van der Waals surface area contributed by atoms with E-state index in [4.69, 9.17) is 4.74 Å². The van der Waals surface area contributed by atoms with E-state index in [0.717, 1.165) is 38.1 Å². The number of amides is 1. The molecule has 0 atom stereocenters. The van der Waals surface area contributed by atoms with Crippen LogP contribution in [-0.2, 0) is 4.74 Å².